The number of ether oxygens (including phenoxy) is 1. The minimum Gasteiger partial charge on any atom is -0.508 e. The maximum atomic E-state index is 12.5. The van der Waals surface area contributed by atoms with Crippen LogP contribution in [-0.2, 0) is 6.42 Å². The van der Waals surface area contributed by atoms with Crippen LogP contribution in [0.2, 0.25) is 0 Å². The Morgan fingerprint density at radius 1 is 1.19 bits per heavy atom. The molecule has 0 saturated heterocycles. The van der Waals surface area contributed by atoms with Gasteiger partial charge in [0.1, 0.15) is 34.7 Å². The van der Waals surface area contributed by atoms with Crippen LogP contribution in [0.1, 0.15) is 35.3 Å². The van der Waals surface area contributed by atoms with Gasteiger partial charge in [-0.1, -0.05) is 18.2 Å². The number of carbonyl (C=O) groups excluding carboxylic acids is 1. The van der Waals surface area contributed by atoms with E-state index < -0.39 is 23.2 Å². The Hall–Kier alpha value is -2.99. The number of aliphatic hydroxyl groups is 1. The molecule has 136 valence electrons. The molecule has 0 aliphatic carbocycles. The van der Waals surface area contributed by atoms with Crippen molar-refractivity contribution in [3.63, 3.8) is 0 Å². The van der Waals surface area contributed by atoms with Crippen molar-refractivity contribution in [1.29, 1.82) is 0 Å². The molecular formula is C20H20O6. The lowest BCUT2D eigenvalue weighted by molar-refractivity contribution is -0.0230. The number of allylic oxidation sites excluding steroid dienone is 1. The molecule has 1 aliphatic heterocycles. The maximum absolute atomic E-state index is 12.5. The summed E-state index contributed by atoms with van der Waals surface area (Å²) in [4.78, 5) is 12.5. The van der Waals surface area contributed by atoms with E-state index in [0.29, 0.717) is 11.1 Å². The second-order valence-electron chi connectivity index (χ2n) is 6.85. The molecule has 0 amide bonds. The van der Waals surface area contributed by atoms with Gasteiger partial charge in [0.2, 0.25) is 0 Å². The highest BCUT2D eigenvalue weighted by atomic mass is 16.5. The third kappa shape index (κ3) is 3.36. The van der Waals surface area contributed by atoms with Crippen molar-refractivity contribution >= 4 is 11.9 Å². The molecule has 6 nitrogen and oxygen atoms in total. The third-order valence-corrected chi connectivity index (χ3v) is 4.36. The van der Waals surface area contributed by atoms with Gasteiger partial charge in [0.15, 0.2) is 5.78 Å². The molecule has 26 heavy (non-hydrogen) atoms. The molecule has 0 fully saturated rings. The van der Waals surface area contributed by atoms with Crippen LogP contribution in [0, 0.1) is 0 Å². The van der Waals surface area contributed by atoms with Gasteiger partial charge in [-0.25, -0.2) is 0 Å². The van der Waals surface area contributed by atoms with E-state index in [9.17, 15) is 25.2 Å². The zero-order chi connectivity index (χ0) is 19.1. The van der Waals surface area contributed by atoms with Gasteiger partial charge in [0.05, 0.1) is 5.60 Å². The summed E-state index contributed by atoms with van der Waals surface area (Å²) < 4.78 is 5.59. The molecule has 0 saturated carbocycles. The van der Waals surface area contributed by atoms with Crippen molar-refractivity contribution in [2.75, 3.05) is 0 Å². The third-order valence-electron chi connectivity index (χ3n) is 4.36. The van der Waals surface area contributed by atoms with Gasteiger partial charge in [-0.15, -0.1) is 0 Å². The molecule has 1 unspecified atom stereocenters. The molecule has 4 N–H and O–H groups in total. The number of hydrogen-bond acceptors (Lipinski definition) is 6. The van der Waals surface area contributed by atoms with Gasteiger partial charge in [-0.2, -0.15) is 0 Å². The van der Waals surface area contributed by atoms with Crippen LogP contribution >= 0.6 is 0 Å². The van der Waals surface area contributed by atoms with Gasteiger partial charge in [0.25, 0.3) is 0 Å². The van der Waals surface area contributed by atoms with Gasteiger partial charge in [-0.05, 0) is 37.6 Å². The van der Waals surface area contributed by atoms with Crippen molar-refractivity contribution in [1.82, 2.24) is 0 Å². The minimum atomic E-state index is -1.13. The average molecular weight is 356 g/mol. The predicted octanol–water partition coefficient (Wildman–Crippen LogP) is 2.77. The lowest BCUT2D eigenvalue weighted by Gasteiger charge is -2.24. The van der Waals surface area contributed by atoms with E-state index in [2.05, 4.69) is 0 Å². The quantitative estimate of drug-likeness (QED) is 0.496. The van der Waals surface area contributed by atoms with E-state index >= 15 is 0 Å². The number of benzene rings is 2. The van der Waals surface area contributed by atoms with E-state index in [4.69, 9.17) is 4.74 Å². The molecule has 0 spiro atoms. The second-order valence-corrected chi connectivity index (χ2v) is 6.85. The standard InChI is InChI=1S/C20H20O6/c1-20(2,25)17-9-13-16(26-17)10-15(23)18(19(13)24)14(22)8-5-11-3-6-12(21)7-4-11/h3-8,10,17,21,23-25H,9H2,1-2H3/b8-5+. The van der Waals surface area contributed by atoms with E-state index in [0.717, 1.165) is 0 Å². The zero-order valence-corrected chi connectivity index (χ0v) is 14.4. The van der Waals surface area contributed by atoms with Crippen LogP contribution in [-0.4, -0.2) is 37.9 Å². The Kier molecular flexibility index (Phi) is 4.38. The topological polar surface area (TPSA) is 107 Å². The lowest BCUT2D eigenvalue weighted by atomic mass is 9.95. The number of carbonyl (C=O) groups is 1. The summed E-state index contributed by atoms with van der Waals surface area (Å²) in [5.41, 5.74) is -0.277. The summed E-state index contributed by atoms with van der Waals surface area (Å²) in [6, 6.07) is 7.51. The van der Waals surface area contributed by atoms with E-state index in [-0.39, 0.29) is 29.2 Å². The Labute approximate surface area is 150 Å². The fourth-order valence-electron chi connectivity index (χ4n) is 2.83. The molecule has 0 aromatic heterocycles. The number of ketones is 1. The van der Waals surface area contributed by atoms with E-state index in [1.165, 1.54) is 30.4 Å². The molecule has 1 aliphatic rings. The molecule has 1 atom stereocenters. The van der Waals surface area contributed by atoms with Gasteiger partial charge in [-0.3, -0.25) is 4.79 Å². The molecule has 6 heteroatoms. The number of fused-ring (bicyclic) bond motifs is 1. The first-order chi connectivity index (χ1) is 12.2. The van der Waals surface area contributed by atoms with Gasteiger partial charge < -0.3 is 25.2 Å². The Morgan fingerprint density at radius 3 is 2.46 bits per heavy atom. The van der Waals surface area contributed by atoms with Crippen LogP contribution in [0.15, 0.2) is 36.4 Å². The fourth-order valence-corrected chi connectivity index (χ4v) is 2.83. The summed E-state index contributed by atoms with van der Waals surface area (Å²) in [6.45, 7) is 3.18. The number of phenolic OH excluding ortho intramolecular Hbond substituents is 3. The molecule has 2 aromatic rings. The minimum absolute atomic E-state index is 0.115. The predicted molar refractivity (Wildman–Crippen MR) is 95.7 cm³/mol. The van der Waals surface area contributed by atoms with Gasteiger partial charge in [0, 0.05) is 18.1 Å². The number of phenols is 3. The molecule has 0 radical (unpaired) electrons. The molecule has 3 rings (SSSR count). The van der Waals surface area contributed by atoms with Crippen LogP contribution in [0.5, 0.6) is 23.0 Å². The Morgan fingerprint density at radius 2 is 1.85 bits per heavy atom. The lowest BCUT2D eigenvalue weighted by Crippen LogP contribution is -2.39. The normalized spacial score (nSPS) is 16.5. The first-order valence-electron chi connectivity index (χ1n) is 8.15. The van der Waals surface area contributed by atoms with Crippen molar-refractivity contribution in [2.24, 2.45) is 0 Å². The molecule has 1 heterocycles. The molecule has 0 bridgehead atoms. The van der Waals surface area contributed by atoms with Crippen LogP contribution in [0.3, 0.4) is 0 Å². The average Bonchev–Trinajstić information content (AvgIpc) is 2.99. The molecular weight excluding hydrogens is 336 g/mol. The SMILES string of the molecule is CC(C)(O)C1Cc2c(cc(O)c(C(=O)/C=C/c3ccc(O)cc3)c2O)O1. The fraction of sp³-hybridized carbons (Fsp3) is 0.250. The van der Waals surface area contributed by atoms with Crippen molar-refractivity contribution < 1.29 is 30.0 Å². The Bertz CT molecular complexity index is 875. The largest absolute Gasteiger partial charge is 0.508 e. The highest BCUT2D eigenvalue weighted by Gasteiger charge is 2.38. The summed E-state index contributed by atoms with van der Waals surface area (Å²) >= 11 is 0. The van der Waals surface area contributed by atoms with Crippen LogP contribution in [0.25, 0.3) is 6.08 Å². The highest BCUT2D eigenvalue weighted by molar-refractivity contribution is 6.11. The first-order valence-corrected chi connectivity index (χ1v) is 8.15. The second kappa shape index (κ2) is 6.38. The highest BCUT2D eigenvalue weighted by Crippen LogP contribution is 2.44. The van der Waals surface area contributed by atoms with Crippen molar-refractivity contribution in [2.45, 2.75) is 32.0 Å². The van der Waals surface area contributed by atoms with E-state index in [1.54, 1.807) is 26.0 Å². The van der Waals surface area contributed by atoms with Gasteiger partial charge >= 0.3 is 0 Å². The summed E-state index contributed by atoms with van der Waals surface area (Å²) in [5, 5.41) is 40.0. The van der Waals surface area contributed by atoms with Crippen molar-refractivity contribution in [3.05, 3.63) is 53.1 Å². The summed E-state index contributed by atoms with van der Waals surface area (Å²) in [5.74, 6) is -0.928. The van der Waals surface area contributed by atoms with Crippen molar-refractivity contribution in [3.8, 4) is 23.0 Å². The first kappa shape index (κ1) is 17.8. The summed E-state index contributed by atoms with van der Waals surface area (Å²) in [6.07, 6.45) is 2.40. The zero-order valence-electron chi connectivity index (χ0n) is 14.4. The number of hydrogen-bond donors (Lipinski definition) is 4. The number of aromatic hydroxyl groups is 3. The smallest absolute Gasteiger partial charge is 0.193 e. The Balaban J connectivity index is 1.90. The van der Waals surface area contributed by atoms with Crippen LogP contribution in [0.4, 0.5) is 0 Å². The number of rotatable bonds is 4. The molecule has 2 aromatic carbocycles. The van der Waals surface area contributed by atoms with E-state index in [1.807, 2.05) is 0 Å². The summed E-state index contributed by atoms with van der Waals surface area (Å²) in [7, 11) is 0. The monoisotopic (exact) mass is 356 g/mol. The van der Waals surface area contributed by atoms with Crippen LogP contribution < -0.4 is 4.74 Å². The maximum Gasteiger partial charge on any atom is 0.193 e.